The van der Waals surface area contributed by atoms with Crippen LogP contribution in [0.5, 0.6) is 0 Å². The van der Waals surface area contributed by atoms with E-state index in [9.17, 15) is 0 Å². The van der Waals surface area contributed by atoms with Crippen LogP contribution in [0.4, 0.5) is 5.69 Å². The van der Waals surface area contributed by atoms with Crippen molar-refractivity contribution in [3.63, 3.8) is 0 Å². The van der Waals surface area contributed by atoms with Crippen molar-refractivity contribution in [2.45, 2.75) is 51.1 Å². The molecule has 21 heavy (non-hydrogen) atoms. The molecular weight excluding hydrogens is 260 g/mol. The Morgan fingerprint density at radius 2 is 1.90 bits per heavy atom. The highest BCUT2D eigenvalue weighted by Gasteiger charge is 2.26. The predicted molar refractivity (Wildman–Crippen MR) is 87.5 cm³/mol. The number of aromatic nitrogens is 1. The van der Waals surface area contributed by atoms with E-state index in [1.54, 1.807) is 0 Å². The first-order valence-electron chi connectivity index (χ1n) is 8.48. The number of rotatable bonds is 4. The average molecular weight is 288 g/mol. The van der Waals surface area contributed by atoms with Gasteiger partial charge in [0, 0.05) is 38.3 Å². The maximum absolute atomic E-state index is 6.03. The van der Waals surface area contributed by atoms with Crippen molar-refractivity contribution < 1.29 is 0 Å². The van der Waals surface area contributed by atoms with Crippen molar-refractivity contribution in [1.82, 2.24) is 9.88 Å². The van der Waals surface area contributed by atoms with Gasteiger partial charge in [-0.05, 0) is 31.4 Å². The first kappa shape index (κ1) is 14.8. The molecule has 1 aromatic rings. The lowest BCUT2D eigenvalue weighted by Crippen LogP contribution is -2.49. The van der Waals surface area contributed by atoms with Gasteiger partial charge in [-0.1, -0.05) is 19.8 Å². The van der Waals surface area contributed by atoms with E-state index < -0.39 is 0 Å². The maximum Gasteiger partial charge on any atom is 0.0572 e. The molecule has 4 heteroatoms. The Morgan fingerprint density at radius 3 is 2.48 bits per heavy atom. The Morgan fingerprint density at radius 1 is 1.19 bits per heavy atom. The third-order valence-electron chi connectivity index (χ3n) is 5.11. The lowest BCUT2D eigenvalue weighted by atomic mass is 10.1. The van der Waals surface area contributed by atoms with Crippen LogP contribution in [0.2, 0.25) is 0 Å². The van der Waals surface area contributed by atoms with Crippen molar-refractivity contribution in [3.05, 3.63) is 24.0 Å². The van der Waals surface area contributed by atoms with Gasteiger partial charge in [-0.3, -0.25) is 9.88 Å². The molecule has 0 amide bonds. The molecule has 2 fully saturated rings. The monoisotopic (exact) mass is 288 g/mol. The Kier molecular flexibility index (Phi) is 4.76. The summed E-state index contributed by atoms with van der Waals surface area (Å²) < 4.78 is 0. The fourth-order valence-corrected chi connectivity index (χ4v) is 3.63. The van der Waals surface area contributed by atoms with Crippen LogP contribution in [0, 0.1) is 0 Å². The minimum Gasteiger partial charge on any atom is -0.368 e. The molecule has 116 valence electrons. The minimum absolute atomic E-state index is 0.0678. The van der Waals surface area contributed by atoms with Gasteiger partial charge in [0.25, 0.3) is 0 Å². The fourth-order valence-electron chi connectivity index (χ4n) is 3.63. The van der Waals surface area contributed by atoms with Crippen LogP contribution in [-0.2, 0) is 0 Å². The van der Waals surface area contributed by atoms with Gasteiger partial charge in [-0.25, -0.2) is 0 Å². The van der Waals surface area contributed by atoms with E-state index in [-0.39, 0.29) is 6.04 Å². The predicted octanol–water partition coefficient (Wildman–Crippen LogP) is 2.56. The SMILES string of the molecule is CC[C@H](N)c1ccc(N2CCN(C3CCCC3)CC2)cn1. The fraction of sp³-hybridized carbons (Fsp3) is 0.706. The van der Waals surface area contributed by atoms with Crippen LogP contribution in [0.3, 0.4) is 0 Å². The lowest BCUT2D eigenvalue weighted by molar-refractivity contribution is 0.187. The second-order valence-electron chi connectivity index (χ2n) is 6.42. The molecule has 2 heterocycles. The Bertz CT molecular complexity index is 431. The normalized spacial score (nSPS) is 22.7. The molecular formula is C17H28N4. The van der Waals surface area contributed by atoms with Gasteiger partial charge in [-0.15, -0.1) is 0 Å². The van der Waals surface area contributed by atoms with Crippen LogP contribution >= 0.6 is 0 Å². The zero-order valence-electron chi connectivity index (χ0n) is 13.2. The van der Waals surface area contributed by atoms with Gasteiger partial charge in [-0.2, -0.15) is 0 Å². The molecule has 4 nitrogen and oxygen atoms in total. The van der Waals surface area contributed by atoms with Crippen molar-refractivity contribution in [3.8, 4) is 0 Å². The molecule has 1 aliphatic heterocycles. The van der Waals surface area contributed by atoms with E-state index in [2.05, 4.69) is 33.8 Å². The maximum atomic E-state index is 6.03. The molecule has 1 saturated heterocycles. The van der Waals surface area contributed by atoms with Crippen LogP contribution in [0.15, 0.2) is 18.3 Å². The molecule has 2 N–H and O–H groups in total. The number of piperazine rings is 1. The number of hydrogen-bond acceptors (Lipinski definition) is 4. The summed E-state index contributed by atoms with van der Waals surface area (Å²) in [5, 5.41) is 0. The lowest BCUT2D eigenvalue weighted by Gasteiger charge is -2.39. The average Bonchev–Trinajstić information content (AvgIpc) is 3.09. The minimum atomic E-state index is 0.0678. The van der Waals surface area contributed by atoms with Crippen LogP contribution < -0.4 is 10.6 Å². The third-order valence-corrected chi connectivity index (χ3v) is 5.11. The largest absolute Gasteiger partial charge is 0.368 e. The zero-order valence-corrected chi connectivity index (χ0v) is 13.2. The number of nitrogens with two attached hydrogens (primary N) is 1. The molecule has 0 bridgehead atoms. The van der Waals surface area contributed by atoms with Crippen LogP contribution in [0.1, 0.15) is 50.8 Å². The second kappa shape index (κ2) is 6.75. The molecule has 0 spiro atoms. The second-order valence-corrected chi connectivity index (χ2v) is 6.42. The summed E-state index contributed by atoms with van der Waals surface area (Å²) in [5.74, 6) is 0. The van der Waals surface area contributed by atoms with Crippen molar-refractivity contribution in [1.29, 1.82) is 0 Å². The number of nitrogens with zero attached hydrogens (tertiary/aromatic N) is 3. The summed E-state index contributed by atoms with van der Waals surface area (Å²) in [6.07, 6.45) is 8.60. The summed E-state index contributed by atoms with van der Waals surface area (Å²) >= 11 is 0. The Hall–Kier alpha value is -1.13. The number of hydrogen-bond donors (Lipinski definition) is 1. The molecule has 1 saturated carbocycles. The van der Waals surface area contributed by atoms with E-state index in [0.717, 1.165) is 31.2 Å². The Balaban J connectivity index is 1.56. The van der Waals surface area contributed by atoms with Gasteiger partial charge >= 0.3 is 0 Å². The quantitative estimate of drug-likeness (QED) is 0.925. The molecule has 2 aliphatic rings. The zero-order chi connectivity index (χ0) is 14.7. The molecule has 1 atom stereocenters. The van der Waals surface area contributed by atoms with Crippen LogP contribution in [-0.4, -0.2) is 42.1 Å². The first-order valence-corrected chi connectivity index (χ1v) is 8.48. The summed E-state index contributed by atoms with van der Waals surface area (Å²) in [5.41, 5.74) is 8.28. The smallest absolute Gasteiger partial charge is 0.0572 e. The summed E-state index contributed by atoms with van der Waals surface area (Å²) in [6.45, 7) is 6.74. The van der Waals surface area contributed by atoms with E-state index in [0.29, 0.717) is 0 Å². The van der Waals surface area contributed by atoms with Gasteiger partial charge in [0.2, 0.25) is 0 Å². The van der Waals surface area contributed by atoms with E-state index in [4.69, 9.17) is 5.73 Å². The van der Waals surface area contributed by atoms with Crippen molar-refractivity contribution in [2.24, 2.45) is 5.73 Å². The molecule has 0 radical (unpaired) electrons. The first-order chi connectivity index (χ1) is 10.3. The highest BCUT2D eigenvalue weighted by Crippen LogP contribution is 2.25. The topological polar surface area (TPSA) is 45.4 Å². The summed E-state index contributed by atoms with van der Waals surface area (Å²) in [6, 6.07) is 5.20. The van der Waals surface area contributed by atoms with Gasteiger partial charge in [0.1, 0.15) is 0 Å². The molecule has 3 rings (SSSR count). The number of anilines is 1. The molecule has 0 aromatic carbocycles. The van der Waals surface area contributed by atoms with Gasteiger partial charge in [0.05, 0.1) is 17.6 Å². The van der Waals surface area contributed by atoms with E-state index in [1.165, 1.54) is 44.5 Å². The van der Waals surface area contributed by atoms with Crippen molar-refractivity contribution in [2.75, 3.05) is 31.1 Å². The molecule has 1 aliphatic carbocycles. The number of pyridine rings is 1. The van der Waals surface area contributed by atoms with Crippen molar-refractivity contribution >= 4 is 5.69 Å². The standard InChI is InChI=1S/C17H28N4/c1-2-16(18)17-8-7-15(13-19-17)21-11-9-20(10-12-21)14-5-3-4-6-14/h7-8,13-14,16H,2-6,9-12,18H2,1H3/t16-/m0/s1. The highest BCUT2D eigenvalue weighted by atomic mass is 15.3. The van der Waals surface area contributed by atoms with Crippen LogP contribution in [0.25, 0.3) is 0 Å². The summed E-state index contributed by atoms with van der Waals surface area (Å²) in [4.78, 5) is 9.69. The highest BCUT2D eigenvalue weighted by molar-refractivity contribution is 5.45. The Labute approximate surface area is 128 Å². The van der Waals surface area contributed by atoms with Gasteiger partial charge < -0.3 is 10.6 Å². The summed E-state index contributed by atoms with van der Waals surface area (Å²) in [7, 11) is 0. The van der Waals surface area contributed by atoms with E-state index >= 15 is 0 Å². The molecule has 0 unspecified atom stereocenters. The third kappa shape index (κ3) is 3.38. The van der Waals surface area contributed by atoms with E-state index in [1.807, 2.05) is 6.20 Å². The molecule has 1 aromatic heterocycles. The van der Waals surface area contributed by atoms with Gasteiger partial charge in [0.15, 0.2) is 0 Å².